The summed E-state index contributed by atoms with van der Waals surface area (Å²) >= 11 is 0. The third kappa shape index (κ3) is 1.27. The molecular formula is C7H6N2O. The highest BCUT2D eigenvalue weighted by Crippen LogP contribution is 2.11. The van der Waals surface area contributed by atoms with Crippen LogP contribution in [-0.2, 0) is 4.79 Å². The maximum absolute atomic E-state index is 9.79. The van der Waals surface area contributed by atoms with Gasteiger partial charge in [0, 0.05) is 6.20 Å². The zero-order valence-electron chi connectivity index (χ0n) is 5.53. The van der Waals surface area contributed by atoms with Crippen molar-refractivity contribution in [1.29, 1.82) is 0 Å². The van der Waals surface area contributed by atoms with E-state index in [9.17, 15) is 4.79 Å². The number of aliphatic imine (C=N–C) groups is 1. The summed E-state index contributed by atoms with van der Waals surface area (Å²) in [7, 11) is 0. The van der Waals surface area contributed by atoms with Crippen LogP contribution in [0.3, 0.4) is 0 Å². The Kier molecular flexibility index (Phi) is 1.92. The van der Waals surface area contributed by atoms with E-state index in [1.54, 1.807) is 12.3 Å². The van der Waals surface area contributed by atoms with Crippen molar-refractivity contribution in [3.05, 3.63) is 23.9 Å². The number of nitrogens with zero attached hydrogens (tertiary/aromatic N) is 2. The molecule has 0 aliphatic rings. The van der Waals surface area contributed by atoms with Crippen molar-refractivity contribution in [3.63, 3.8) is 0 Å². The fraction of sp³-hybridized carbons (Fsp3) is 0.143. The monoisotopic (exact) mass is 134 g/mol. The first-order valence-electron chi connectivity index (χ1n) is 2.84. The Balaban J connectivity index is 3.14. The first-order chi connectivity index (χ1) is 4.84. The van der Waals surface area contributed by atoms with Gasteiger partial charge in [0.25, 0.3) is 0 Å². The van der Waals surface area contributed by atoms with Gasteiger partial charge in [-0.1, -0.05) is 6.07 Å². The molecule has 0 aliphatic carbocycles. The second-order valence-electron chi connectivity index (χ2n) is 1.85. The van der Waals surface area contributed by atoms with Gasteiger partial charge in [0.05, 0.1) is 0 Å². The standard InChI is InChI=1S/C7H6N2O/c1-6-3-2-4-8-7(6)9-5-10/h2-4H,1H3. The van der Waals surface area contributed by atoms with Gasteiger partial charge < -0.3 is 0 Å². The number of hydrogen-bond acceptors (Lipinski definition) is 3. The van der Waals surface area contributed by atoms with Crippen LogP contribution in [0.15, 0.2) is 23.3 Å². The second-order valence-corrected chi connectivity index (χ2v) is 1.85. The first kappa shape index (κ1) is 6.65. The fourth-order valence-electron chi connectivity index (χ4n) is 0.638. The van der Waals surface area contributed by atoms with Gasteiger partial charge in [-0.25, -0.2) is 9.78 Å². The lowest BCUT2D eigenvalue weighted by atomic mass is 10.3. The van der Waals surface area contributed by atoms with Crippen molar-refractivity contribution >= 4 is 11.9 Å². The molecule has 0 atom stereocenters. The van der Waals surface area contributed by atoms with Gasteiger partial charge in [-0.2, -0.15) is 0 Å². The van der Waals surface area contributed by atoms with Crippen LogP contribution in [0, 0.1) is 6.92 Å². The molecule has 0 amide bonds. The quantitative estimate of drug-likeness (QED) is 0.430. The average Bonchev–Trinajstić information content (AvgIpc) is 1.94. The third-order valence-electron chi connectivity index (χ3n) is 1.13. The van der Waals surface area contributed by atoms with E-state index in [1.165, 1.54) is 6.08 Å². The van der Waals surface area contributed by atoms with Crippen molar-refractivity contribution in [2.24, 2.45) is 4.99 Å². The van der Waals surface area contributed by atoms with Crippen molar-refractivity contribution in [2.45, 2.75) is 6.92 Å². The molecule has 0 N–H and O–H groups in total. The average molecular weight is 134 g/mol. The molecule has 1 heterocycles. The minimum atomic E-state index is 0.442. The van der Waals surface area contributed by atoms with Gasteiger partial charge in [-0.3, -0.25) is 0 Å². The summed E-state index contributed by atoms with van der Waals surface area (Å²) in [6.07, 6.45) is 3.02. The number of hydrogen-bond donors (Lipinski definition) is 0. The van der Waals surface area contributed by atoms with Crippen molar-refractivity contribution < 1.29 is 4.79 Å². The van der Waals surface area contributed by atoms with Gasteiger partial charge in [-0.15, -0.1) is 4.99 Å². The number of rotatable bonds is 1. The molecule has 0 saturated carbocycles. The number of isocyanates is 1. The zero-order chi connectivity index (χ0) is 7.40. The molecule has 1 aromatic heterocycles. The highest BCUT2D eigenvalue weighted by molar-refractivity contribution is 5.47. The topological polar surface area (TPSA) is 42.3 Å². The number of aromatic nitrogens is 1. The highest BCUT2D eigenvalue weighted by atomic mass is 16.1. The molecule has 0 unspecified atom stereocenters. The Labute approximate surface area is 58.4 Å². The Morgan fingerprint density at radius 1 is 1.70 bits per heavy atom. The molecule has 0 saturated heterocycles. The SMILES string of the molecule is Cc1cccnc1N=C=O. The van der Waals surface area contributed by atoms with Crippen molar-refractivity contribution in [2.75, 3.05) is 0 Å². The van der Waals surface area contributed by atoms with Crippen LogP contribution in [0.25, 0.3) is 0 Å². The third-order valence-corrected chi connectivity index (χ3v) is 1.13. The molecular weight excluding hydrogens is 128 g/mol. The summed E-state index contributed by atoms with van der Waals surface area (Å²) in [5.41, 5.74) is 0.880. The normalized spacial score (nSPS) is 8.50. The van der Waals surface area contributed by atoms with E-state index < -0.39 is 0 Å². The Morgan fingerprint density at radius 2 is 2.50 bits per heavy atom. The van der Waals surface area contributed by atoms with E-state index in [2.05, 4.69) is 9.98 Å². The molecule has 50 valence electrons. The molecule has 0 aliphatic heterocycles. The second kappa shape index (κ2) is 2.90. The molecule has 1 aromatic rings. The van der Waals surface area contributed by atoms with Crippen LogP contribution in [0.4, 0.5) is 5.82 Å². The van der Waals surface area contributed by atoms with Crippen LogP contribution < -0.4 is 0 Å². The van der Waals surface area contributed by atoms with Crippen LogP contribution in [0.5, 0.6) is 0 Å². The van der Waals surface area contributed by atoms with Gasteiger partial charge in [0.1, 0.15) is 0 Å². The van der Waals surface area contributed by atoms with Crippen LogP contribution in [-0.4, -0.2) is 11.1 Å². The summed E-state index contributed by atoms with van der Waals surface area (Å²) in [4.78, 5) is 17.0. The molecule has 0 spiro atoms. The molecule has 3 heteroatoms. The lowest BCUT2D eigenvalue weighted by Gasteiger charge is -1.91. The predicted octanol–water partition coefficient (Wildman–Crippen LogP) is 1.36. The zero-order valence-corrected chi connectivity index (χ0v) is 5.53. The van der Waals surface area contributed by atoms with E-state index >= 15 is 0 Å². The molecule has 3 nitrogen and oxygen atoms in total. The van der Waals surface area contributed by atoms with E-state index in [1.807, 2.05) is 13.0 Å². The van der Waals surface area contributed by atoms with E-state index in [0.717, 1.165) is 5.56 Å². The first-order valence-corrected chi connectivity index (χ1v) is 2.84. The smallest absolute Gasteiger partial charge is 0.236 e. The molecule has 0 fully saturated rings. The maximum atomic E-state index is 9.79. The summed E-state index contributed by atoms with van der Waals surface area (Å²) < 4.78 is 0. The Morgan fingerprint density at radius 3 is 3.10 bits per heavy atom. The summed E-state index contributed by atoms with van der Waals surface area (Å²) in [6.45, 7) is 1.84. The number of aryl methyl sites for hydroxylation is 1. The minimum Gasteiger partial charge on any atom is -0.236 e. The predicted molar refractivity (Wildman–Crippen MR) is 36.8 cm³/mol. The van der Waals surface area contributed by atoms with E-state index in [4.69, 9.17) is 0 Å². The molecule has 0 aromatic carbocycles. The van der Waals surface area contributed by atoms with Gasteiger partial charge in [-0.05, 0) is 18.6 Å². The van der Waals surface area contributed by atoms with Crippen molar-refractivity contribution in [1.82, 2.24) is 4.98 Å². The maximum Gasteiger partial charge on any atom is 0.242 e. The number of pyridine rings is 1. The van der Waals surface area contributed by atoms with Crippen LogP contribution in [0.1, 0.15) is 5.56 Å². The van der Waals surface area contributed by atoms with E-state index in [0.29, 0.717) is 5.82 Å². The molecule has 10 heavy (non-hydrogen) atoms. The Hall–Kier alpha value is -1.47. The number of carbonyl (C=O) groups excluding carboxylic acids is 1. The lowest BCUT2D eigenvalue weighted by Crippen LogP contribution is -1.76. The lowest BCUT2D eigenvalue weighted by molar-refractivity contribution is 0.565. The van der Waals surface area contributed by atoms with Gasteiger partial charge in [0.15, 0.2) is 5.82 Å². The Bertz CT molecular complexity index is 277. The molecule has 1 rings (SSSR count). The molecule has 0 radical (unpaired) electrons. The highest BCUT2D eigenvalue weighted by Gasteiger charge is 1.92. The minimum absolute atomic E-state index is 0.442. The summed E-state index contributed by atoms with van der Waals surface area (Å²) in [5, 5.41) is 0. The van der Waals surface area contributed by atoms with Crippen molar-refractivity contribution in [3.8, 4) is 0 Å². The largest absolute Gasteiger partial charge is 0.242 e. The van der Waals surface area contributed by atoms with Gasteiger partial charge >= 0.3 is 0 Å². The fourth-order valence-corrected chi connectivity index (χ4v) is 0.638. The summed E-state index contributed by atoms with van der Waals surface area (Å²) in [6, 6.07) is 3.63. The molecule has 0 bridgehead atoms. The van der Waals surface area contributed by atoms with E-state index in [-0.39, 0.29) is 0 Å². The van der Waals surface area contributed by atoms with Crippen LogP contribution >= 0.6 is 0 Å². The van der Waals surface area contributed by atoms with Gasteiger partial charge in [0.2, 0.25) is 6.08 Å². The van der Waals surface area contributed by atoms with Crippen LogP contribution in [0.2, 0.25) is 0 Å². The summed E-state index contributed by atoms with van der Waals surface area (Å²) in [5.74, 6) is 0.442.